The van der Waals surface area contributed by atoms with Crippen LogP contribution in [0.5, 0.6) is 0 Å². The molecule has 1 unspecified atom stereocenters. The molecule has 5 nitrogen and oxygen atoms in total. The molecule has 1 rings (SSSR count). The highest BCUT2D eigenvalue weighted by molar-refractivity contribution is 7.90. The molecule has 0 aromatic rings. The van der Waals surface area contributed by atoms with Crippen LogP contribution in [0, 0.1) is 5.92 Å². The van der Waals surface area contributed by atoms with Gasteiger partial charge < -0.3 is 5.11 Å². The van der Waals surface area contributed by atoms with Gasteiger partial charge in [-0.15, -0.1) is 0 Å². The van der Waals surface area contributed by atoms with E-state index in [4.69, 9.17) is 5.11 Å². The zero-order valence-electron chi connectivity index (χ0n) is 10.9. The average molecular weight is 277 g/mol. The van der Waals surface area contributed by atoms with Crippen molar-refractivity contribution in [3.8, 4) is 0 Å². The van der Waals surface area contributed by atoms with Gasteiger partial charge in [-0.1, -0.05) is 26.2 Å². The largest absolute Gasteiger partial charge is 0.481 e. The fourth-order valence-electron chi connectivity index (χ4n) is 2.22. The maximum Gasteiger partial charge on any atom is 0.303 e. The molecule has 2 N–H and O–H groups in total. The first-order valence-corrected chi connectivity index (χ1v) is 8.16. The van der Waals surface area contributed by atoms with E-state index in [-0.39, 0.29) is 17.6 Å². The maximum absolute atomic E-state index is 12.0. The number of hydrogen-bond donors (Lipinski definition) is 2. The third-order valence-electron chi connectivity index (χ3n) is 3.48. The zero-order chi connectivity index (χ0) is 13.6. The van der Waals surface area contributed by atoms with Gasteiger partial charge in [0.1, 0.15) is 0 Å². The summed E-state index contributed by atoms with van der Waals surface area (Å²) in [5.74, 6) is -0.781. The maximum atomic E-state index is 12.0. The van der Waals surface area contributed by atoms with Crippen LogP contribution in [0.4, 0.5) is 0 Å². The molecule has 1 aliphatic rings. The van der Waals surface area contributed by atoms with Crippen molar-refractivity contribution in [2.24, 2.45) is 5.92 Å². The van der Waals surface area contributed by atoms with Crippen LogP contribution in [0.25, 0.3) is 0 Å². The number of aliphatic carboxylic acids is 1. The van der Waals surface area contributed by atoms with Crippen LogP contribution in [-0.2, 0) is 14.8 Å². The molecule has 0 aromatic heterocycles. The normalized spacial score (nSPS) is 19.6. The van der Waals surface area contributed by atoms with Crippen molar-refractivity contribution in [1.82, 2.24) is 4.72 Å². The Morgan fingerprint density at radius 1 is 1.33 bits per heavy atom. The van der Waals surface area contributed by atoms with Crippen LogP contribution in [0.15, 0.2) is 0 Å². The van der Waals surface area contributed by atoms with Gasteiger partial charge in [-0.3, -0.25) is 4.79 Å². The fourth-order valence-corrected chi connectivity index (χ4v) is 3.93. The molecule has 0 radical (unpaired) electrons. The Balaban J connectivity index is 2.34. The van der Waals surface area contributed by atoms with Gasteiger partial charge in [-0.05, 0) is 25.2 Å². The lowest BCUT2D eigenvalue weighted by Crippen LogP contribution is -2.37. The lowest BCUT2D eigenvalue weighted by atomic mass is 10.0. The number of hydrogen-bond acceptors (Lipinski definition) is 3. The number of sulfonamides is 1. The predicted molar refractivity (Wildman–Crippen MR) is 69.8 cm³/mol. The molecular formula is C12H23NO4S. The molecule has 18 heavy (non-hydrogen) atoms. The Kier molecular flexibility index (Phi) is 6.08. The predicted octanol–water partition coefficient (Wildman–Crippen LogP) is 1.74. The molecular weight excluding hydrogens is 254 g/mol. The molecule has 0 bridgehead atoms. The van der Waals surface area contributed by atoms with Gasteiger partial charge in [-0.25, -0.2) is 13.1 Å². The van der Waals surface area contributed by atoms with Gasteiger partial charge in [0.15, 0.2) is 0 Å². The Hall–Kier alpha value is -0.620. The van der Waals surface area contributed by atoms with E-state index in [1.807, 2.05) is 6.92 Å². The van der Waals surface area contributed by atoms with E-state index >= 15 is 0 Å². The van der Waals surface area contributed by atoms with E-state index in [0.29, 0.717) is 13.0 Å². The first-order chi connectivity index (χ1) is 8.42. The minimum atomic E-state index is -3.21. The molecule has 0 heterocycles. The molecule has 0 aromatic carbocycles. The van der Waals surface area contributed by atoms with Crippen molar-refractivity contribution in [3.63, 3.8) is 0 Å². The summed E-state index contributed by atoms with van der Waals surface area (Å²) >= 11 is 0. The van der Waals surface area contributed by atoms with Crippen molar-refractivity contribution in [1.29, 1.82) is 0 Å². The quantitative estimate of drug-likeness (QED) is 0.742. The van der Waals surface area contributed by atoms with Crippen molar-refractivity contribution in [2.45, 2.75) is 57.1 Å². The minimum Gasteiger partial charge on any atom is -0.481 e. The van der Waals surface area contributed by atoms with Crippen LogP contribution in [0.3, 0.4) is 0 Å². The van der Waals surface area contributed by atoms with E-state index in [1.54, 1.807) is 0 Å². The Bertz CT molecular complexity index is 360. The summed E-state index contributed by atoms with van der Waals surface area (Å²) in [6, 6.07) is 0. The van der Waals surface area contributed by atoms with Gasteiger partial charge in [0.2, 0.25) is 10.0 Å². The smallest absolute Gasteiger partial charge is 0.303 e. The highest BCUT2D eigenvalue weighted by Gasteiger charge is 2.27. The van der Waals surface area contributed by atoms with Crippen LogP contribution in [0.1, 0.15) is 51.9 Å². The Labute approximate surface area is 109 Å². The fraction of sp³-hybridized carbons (Fsp3) is 0.917. The molecule has 1 aliphatic carbocycles. The van der Waals surface area contributed by atoms with Gasteiger partial charge in [-0.2, -0.15) is 0 Å². The second-order valence-corrected chi connectivity index (χ2v) is 7.24. The van der Waals surface area contributed by atoms with Crippen molar-refractivity contribution < 1.29 is 18.3 Å². The zero-order valence-corrected chi connectivity index (χ0v) is 11.7. The standard InChI is InChI=1S/C12H23NO4S/c1-10(7-8-12(14)15)9-13-18(16,17)11-5-3-2-4-6-11/h10-11,13H,2-9H2,1H3,(H,14,15). The molecule has 106 valence electrons. The molecule has 0 aliphatic heterocycles. The second-order valence-electron chi connectivity index (χ2n) is 5.19. The molecule has 1 atom stereocenters. The Morgan fingerprint density at radius 3 is 2.50 bits per heavy atom. The van der Waals surface area contributed by atoms with Crippen LogP contribution >= 0.6 is 0 Å². The summed E-state index contributed by atoms with van der Waals surface area (Å²) in [5, 5.41) is 8.30. The third kappa shape index (κ3) is 5.35. The monoisotopic (exact) mass is 277 g/mol. The van der Waals surface area contributed by atoms with E-state index in [9.17, 15) is 13.2 Å². The molecule has 0 amide bonds. The number of carboxylic acids is 1. The van der Waals surface area contributed by atoms with Crippen LogP contribution in [-0.4, -0.2) is 31.3 Å². The van der Waals surface area contributed by atoms with Crippen LogP contribution < -0.4 is 4.72 Å². The Morgan fingerprint density at radius 2 is 1.94 bits per heavy atom. The summed E-state index contributed by atoms with van der Waals surface area (Å²) in [6.07, 6.45) is 5.19. The highest BCUT2D eigenvalue weighted by Crippen LogP contribution is 2.23. The van der Waals surface area contributed by atoms with E-state index in [2.05, 4.69) is 4.72 Å². The SMILES string of the molecule is CC(CCC(=O)O)CNS(=O)(=O)C1CCCCC1. The summed E-state index contributed by atoms with van der Waals surface area (Å²) < 4.78 is 26.6. The lowest BCUT2D eigenvalue weighted by molar-refractivity contribution is -0.137. The van der Waals surface area contributed by atoms with E-state index in [1.165, 1.54) is 0 Å². The first kappa shape index (κ1) is 15.4. The second kappa shape index (κ2) is 7.09. The number of nitrogens with one attached hydrogen (secondary N) is 1. The number of carbonyl (C=O) groups is 1. The van der Waals surface area contributed by atoms with Gasteiger partial charge in [0.25, 0.3) is 0 Å². The number of carboxylic acid groups (broad SMARTS) is 1. The molecule has 1 saturated carbocycles. The van der Waals surface area contributed by atoms with Gasteiger partial charge in [0.05, 0.1) is 5.25 Å². The van der Waals surface area contributed by atoms with Gasteiger partial charge in [0, 0.05) is 13.0 Å². The third-order valence-corrected chi connectivity index (χ3v) is 5.39. The summed E-state index contributed by atoms with van der Waals surface area (Å²) in [5.41, 5.74) is 0. The topological polar surface area (TPSA) is 83.5 Å². The summed E-state index contributed by atoms with van der Waals surface area (Å²) in [6.45, 7) is 2.21. The molecule has 6 heteroatoms. The minimum absolute atomic E-state index is 0.0551. The summed E-state index contributed by atoms with van der Waals surface area (Å²) in [7, 11) is -3.21. The highest BCUT2D eigenvalue weighted by atomic mass is 32.2. The molecule has 0 saturated heterocycles. The van der Waals surface area contributed by atoms with Crippen LogP contribution in [0.2, 0.25) is 0 Å². The van der Waals surface area contributed by atoms with Gasteiger partial charge >= 0.3 is 5.97 Å². The first-order valence-electron chi connectivity index (χ1n) is 6.62. The molecule has 0 spiro atoms. The number of rotatable bonds is 7. The van der Waals surface area contributed by atoms with E-state index < -0.39 is 16.0 Å². The average Bonchev–Trinajstić information content (AvgIpc) is 2.35. The lowest BCUT2D eigenvalue weighted by Gasteiger charge is -2.23. The van der Waals surface area contributed by atoms with Crippen molar-refractivity contribution in [3.05, 3.63) is 0 Å². The van der Waals surface area contributed by atoms with Crippen molar-refractivity contribution >= 4 is 16.0 Å². The molecule has 1 fully saturated rings. The van der Waals surface area contributed by atoms with E-state index in [0.717, 1.165) is 32.1 Å². The van der Waals surface area contributed by atoms with Crippen molar-refractivity contribution in [2.75, 3.05) is 6.54 Å². The summed E-state index contributed by atoms with van der Waals surface area (Å²) in [4.78, 5) is 10.4.